The normalized spacial score (nSPS) is 15.2. The van der Waals surface area contributed by atoms with Gasteiger partial charge >= 0.3 is 0 Å². The van der Waals surface area contributed by atoms with E-state index in [9.17, 15) is 4.79 Å². The minimum atomic E-state index is -0.0241. The highest BCUT2D eigenvalue weighted by atomic mass is 16.5. The van der Waals surface area contributed by atoms with Gasteiger partial charge in [0.2, 0.25) is 5.95 Å². The zero-order valence-electron chi connectivity index (χ0n) is 18.1. The first-order valence-electron chi connectivity index (χ1n) is 10.1. The molecule has 0 fully saturated rings. The van der Waals surface area contributed by atoms with Gasteiger partial charge in [-0.05, 0) is 49.2 Å². The molecule has 2 aromatic carbocycles. The standard InChI is InChI=1S/C24H25N3O4/c1-14-23-20(27-24(25-14)26-16-5-7-17(29-2)8-6-16)11-15(12-21(23)28)19-10-9-18(30-3)13-22(19)31-4/h5-10,13,15H,11-12H2,1-4H3,(H,25,26,27)/t15-/m1/s1. The van der Waals surface area contributed by atoms with Crippen molar-refractivity contribution in [1.29, 1.82) is 0 Å². The highest BCUT2D eigenvalue weighted by Gasteiger charge is 2.31. The first-order valence-corrected chi connectivity index (χ1v) is 10.1. The molecule has 160 valence electrons. The van der Waals surface area contributed by atoms with Gasteiger partial charge in [-0.1, -0.05) is 6.07 Å². The van der Waals surface area contributed by atoms with Gasteiger partial charge in [0.15, 0.2) is 5.78 Å². The lowest BCUT2D eigenvalue weighted by molar-refractivity contribution is 0.0961. The van der Waals surface area contributed by atoms with E-state index in [1.54, 1.807) is 21.3 Å². The SMILES string of the molecule is COc1ccc(Nc2nc(C)c3c(n2)C[C@@H](c2ccc(OC)cc2OC)CC3=O)cc1. The summed E-state index contributed by atoms with van der Waals surface area (Å²) in [5.74, 6) is 2.70. The highest BCUT2D eigenvalue weighted by molar-refractivity contribution is 6.00. The number of ketones is 1. The van der Waals surface area contributed by atoms with E-state index in [0.29, 0.717) is 41.5 Å². The number of rotatable bonds is 6. The fourth-order valence-electron chi connectivity index (χ4n) is 4.01. The molecule has 7 heteroatoms. The Morgan fingerprint density at radius 2 is 1.61 bits per heavy atom. The largest absolute Gasteiger partial charge is 0.497 e. The van der Waals surface area contributed by atoms with E-state index in [1.165, 1.54) is 0 Å². The first-order chi connectivity index (χ1) is 15.0. The van der Waals surface area contributed by atoms with Gasteiger partial charge in [-0.25, -0.2) is 9.97 Å². The van der Waals surface area contributed by atoms with E-state index in [1.807, 2.05) is 49.4 Å². The van der Waals surface area contributed by atoms with E-state index in [-0.39, 0.29) is 11.7 Å². The van der Waals surface area contributed by atoms with E-state index in [2.05, 4.69) is 15.3 Å². The number of ether oxygens (including phenoxy) is 3. The highest BCUT2D eigenvalue weighted by Crippen LogP contribution is 2.39. The summed E-state index contributed by atoms with van der Waals surface area (Å²) >= 11 is 0. The van der Waals surface area contributed by atoms with Gasteiger partial charge in [-0.3, -0.25) is 4.79 Å². The van der Waals surface area contributed by atoms with Crippen molar-refractivity contribution in [3.05, 3.63) is 65.0 Å². The predicted molar refractivity (Wildman–Crippen MR) is 118 cm³/mol. The summed E-state index contributed by atoms with van der Waals surface area (Å²) in [4.78, 5) is 22.2. The first kappa shape index (κ1) is 20.7. The molecule has 0 unspecified atom stereocenters. The van der Waals surface area contributed by atoms with Crippen LogP contribution in [-0.2, 0) is 6.42 Å². The Labute approximate surface area is 181 Å². The van der Waals surface area contributed by atoms with Crippen LogP contribution < -0.4 is 19.5 Å². The molecular formula is C24H25N3O4. The molecule has 0 saturated carbocycles. The Balaban J connectivity index is 1.65. The number of Topliss-reactive ketones (excluding diaryl/α,β-unsaturated/α-hetero) is 1. The average molecular weight is 419 g/mol. The topological polar surface area (TPSA) is 82.6 Å². The van der Waals surface area contributed by atoms with Crippen LogP contribution in [0.15, 0.2) is 42.5 Å². The van der Waals surface area contributed by atoms with Crippen LogP contribution in [0.5, 0.6) is 17.2 Å². The number of hydrogen-bond donors (Lipinski definition) is 1. The van der Waals surface area contributed by atoms with Crippen molar-refractivity contribution in [2.75, 3.05) is 26.6 Å². The number of nitrogens with zero attached hydrogens (tertiary/aromatic N) is 2. The molecule has 1 atom stereocenters. The molecule has 1 N–H and O–H groups in total. The molecule has 0 radical (unpaired) electrons. The van der Waals surface area contributed by atoms with Crippen molar-refractivity contribution in [1.82, 2.24) is 9.97 Å². The number of benzene rings is 2. The Hall–Kier alpha value is -3.61. The van der Waals surface area contributed by atoms with Gasteiger partial charge in [-0.15, -0.1) is 0 Å². The number of anilines is 2. The van der Waals surface area contributed by atoms with Gasteiger partial charge in [0.25, 0.3) is 0 Å². The number of nitrogens with one attached hydrogen (secondary N) is 1. The third kappa shape index (κ3) is 4.17. The van der Waals surface area contributed by atoms with Crippen LogP contribution in [0.3, 0.4) is 0 Å². The lowest BCUT2D eigenvalue weighted by Gasteiger charge is -2.26. The quantitative estimate of drug-likeness (QED) is 0.631. The molecule has 1 aliphatic carbocycles. The Bertz CT molecular complexity index is 1110. The number of aromatic nitrogens is 2. The number of methoxy groups -OCH3 is 3. The van der Waals surface area contributed by atoms with Crippen LogP contribution in [0.25, 0.3) is 0 Å². The van der Waals surface area contributed by atoms with E-state index in [4.69, 9.17) is 14.2 Å². The second kappa shape index (κ2) is 8.63. The number of aryl methyl sites for hydroxylation is 1. The van der Waals surface area contributed by atoms with Crippen molar-refractivity contribution < 1.29 is 19.0 Å². The number of fused-ring (bicyclic) bond motifs is 1. The minimum absolute atomic E-state index is 0.0241. The summed E-state index contributed by atoms with van der Waals surface area (Å²) in [6.45, 7) is 1.85. The van der Waals surface area contributed by atoms with Gasteiger partial charge in [-0.2, -0.15) is 0 Å². The molecule has 0 spiro atoms. The van der Waals surface area contributed by atoms with Gasteiger partial charge < -0.3 is 19.5 Å². The second-order valence-corrected chi connectivity index (χ2v) is 7.44. The summed E-state index contributed by atoms with van der Waals surface area (Å²) in [5, 5.41) is 3.22. The van der Waals surface area contributed by atoms with Crippen LogP contribution >= 0.6 is 0 Å². The van der Waals surface area contributed by atoms with E-state index < -0.39 is 0 Å². The molecule has 1 aromatic heterocycles. The van der Waals surface area contributed by atoms with Crippen molar-refractivity contribution >= 4 is 17.4 Å². The molecule has 4 rings (SSSR count). The maximum atomic E-state index is 13.0. The smallest absolute Gasteiger partial charge is 0.227 e. The fraction of sp³-hybridized carbons (Fsp3) is 0.292. The maximum absolute atomic E-state index is 13.0. The average Bonchev–Trinajstić information content (AvgIpc) is 2.78. The molecule has 0 saturated heterocycles. The van der Waals surface area contributed by atoms with E-state index >= 15 is 0 Å². The maximum Gasteiger partial charge on any atom is 0.227 e. The van der Waals surface area contributed by atoms with Crippen molar-refractivity contribution in [2.45, 2.75) is 25.7 Å². The molecule has 0 amide bonds. The van der Waals surface area contributed by atoms with Gasteiger partial charge in [0, 0.05) is 24.1 Å². The third-order valence-corrected chi connectivity index (χ3v) is 5.54. The zero-order valence-corrected chi connectivity index (χ0v) is 18.1. The molecule has 3 aromatic rings. The molecule has 1 aliphatic rings. The molecule has 0 bridgehead atoms. The monoisotopic (exact) mass is 419 g/mol. The summed E-state index contributed by atoms with van der Waals surface area (Å²) < 4.78 is 16.1. The summed E-state index contributed by atoms with van der Waals surface area (Å²) in [7, 11) is 4.87. The summed E-state index contributed by atoms with van der Waals surface area (Å²) in [6.07, 6.45) is 1.02. The van der Waals surface area contributed by atoms with Gasteiger partial charge in [0.1, 0.15) is 17.2 Å². The summed E-state index contributed by atoms with van der Waals surface area (Å²) in [6, 6.07) is 13.2. The van der Waals surface area contributed by atoms with Crippen LogP contribution in [0.4, 0.5) is 11.6 Å². The van der Waals surface area contributed by atoms with Gasteiger partial charge in [0.05, 0.1) is 38.3 Å². The molecule has 1 heterocycles. The number of hydrogen-bond acceptors (Lipinski definition) is 7. The minimum Gasteiger partial charge on any atom is -0.497 e. The molecule has 0 aliphatic heterocycles. The van der Waals surface area contributed by atoms with Crippen molar-refractivity contribution in [3.8, 4) is 17.2 Å². The lowest BCUT2D eigenvalue weighted by Crippen LogP contribution is -2.23. The molecule has 31 heavy (non-hydrogen) atoms. The second-order valence-electron chi connectivity index (χ2n) is 7.44. The molecular weight excluding hydrogens is 394 g/mol. The van der Waals surface area contributed by atoms with Crippen LogP contribution in [-0.4, -0.2) is 37.1 Å². The Morgan fingerprint density at radius 3 is 2.29 bits per heavy atom. The van der Waals surface area contributed by atoms with Crippen molar-refractivity contribution in [3.63, 3.8) is 0 Å². The Kier molecular flexibility index (Phi) is 5.75. The number of carbonyl (C=O) groups is 1. The Morgan fingerprint density at radius 1 is 0.903 bits per heavy atom. The van der Waals surface area contributed by atoms with Crippen LogP contribution in [0.1, 0.15) is 39.6 Å². The fourth-order valence-corrected chi connectivity index (χ4v) is 4.01. The van der Waals surface area contributed by atoms with Crippen LogP contribution in [0, 0.1) is 6.92 Å². The predicted octanol–water partition coefficient (Wildman–Crippen LogP) is 4.47. The summed E-state index contributed by atoms with van der Waals surface area (Å²) in [5.41, 5.74) is 3.89. The zero-order chi connectivity index (χ0) is 22.0. The third-order valence-electron chi connectivity index (χ3n) is 5.54. The van der Waals surface area contributed by atoms with E-state index in [0.717, 1.165) is 22.7 Å². The molecule has 7 nitrogen and oxygen atoms in total. The van der Waals surface area contributed by atoms with Crippen LogP contribution in [0.2, 0.25) is 0 Å². The van der Waals surface area contributed by atoms with Crippen molar-refractivity contribution in [2.24, 2.45) is 0 Å². The lowest BCUT2D eigenvalue weighted by atomic mass is 9.81. The number of carbonyl (C=O) groups excluding carboxylic acids is 1.